The van der Waals surface area contributed by atoms with Crippen molar-refractivity contribution in [1.82, 2.24) is 20.1 Å². The highest BCUT2D eigenvalue weighted by Crippen LogP contribution is 2.22. The van der Waals surface area contributed by atoms with E-state index >= 15 is 0 Å². The molecule has 2 aromatic carbocycles. The summed E-state index contributed by atoms with van der Waals surface area (Å²) in [6, 6.07) is 16.5. The van der Waals surface area contributed by atoms with Crippen LogP contribution in [0, 0.1) is 0 Å². The molecular weight excluding hydrogens is 432 g/mol. The van der Waals surface area contributed by atoms with Gasteiger partial charge in [0.1, 0.15) is 11.6 Å². The third kappa shape index (κ3) is 4.26. The van der Waals surface area contributed by atoms with Gasteiger partial charge >= 0.3 is 0 Å². The molecule has 1 aliphatic heterocycles. The summed E-state index contributed by atoms with van der Waals surface area (Å²) >= 11 is 0. The number of furan rings is 1. The lowest BCUT2D eigenvalue weighted by molar-refractivity contribution is -0.137. The van der Waals surface area contributed by atoms with Gasteiger partial charge in [-0.25, -0.2) is 0 Å². The molecule has 2 N–H and O–H groups in total. The molecule has 34 heavy (non-hydrogen) atoms. The summed E-state index contributed by atoms with van der Waals surface area (Å²) in [6.45, 7) is 3.02. The molecule has 1 aliphatic rings. The number of carbonyl (C=O) groups is 3. The zero-order chi connectivity index (χ0) is 23.7. The summed E-state index contributed by atoms with van der Waals surface area (Å²) in [4.78, 5) is 44.8. The van der Waals surface area contributed by atoms with E-state index in [1.165, 1.54) is 6.92 Å². The third-order valence-corrected chi connectivity index (χ3v) is 6.29. The maximum atomic E-state index is 13.3. The quantitative estimate of drug-likeness (QED) is 0.480. The fourth-order valence-electron chi connectivity index (χ4n) is 4.56. The van der Waals surface area contributed by atoms with Crippen molar-refractivity contribution < 1.29 is 18.8 Å². The highest BCUT2D eigenvalue weighted by Gasteiger charge is 2.31. The first-order chi connectivity index (χ1) is 16.5. The molecule has 8 heteroatoms. The van der Waals surface area contributed by atoms with Gasteiger partial charge in [-0.05, 0) is 23.8 Å². The van der Waals surface area contributed by atoms with Crippen LogP contribution >= 0.6 is 0 Å². The number of amides is 3. The molecule has 1 unspecified atom stereocenters. The van der Waals surface area contributed by atoms with E-state index in [1.54, 1.807) is 15.9 Å². The molecule has 4 aromatic rings. The fourth-order valence-corrected chi connectivity index (χ4v) is 4.56. The summed E-state index contributed by atoms with van der Waals surface area (Å²) in [6.07, 6.45) is 2.28. The van der Waals surface area contributed by atoms with Gasteiger partial charge in [-0.15, -0.1) is 0 Å². The molecule has 0 spiro atoms. The van der Waals surface area contributed by atoms with Crippen molar-refractivity contribution in [2.24, 2.45) is 0 Å². The zero-order valence-corrected chi connectivity index (χ0v) is 18.9. The second-order valence-electron chi connectivity index (χ2n) is 8.58. The minimum Gasteiger partial charge on any atom is -0.451 e. The molecule has 0 aliphatic carbocycles. The highest BCUT2D eigenvalue weighted by atomic mass is 16.3. The smallest absolute Gasteiger partial charge is 0.289 e. The first-order valence-corrected chi connectivity index (χ1v) is 11.4. The predicted molar refractivity (Wildman–Crippen MR) is 128 cm³/mol. The van der Waals surface area contributed by atoms with Crippen LogP contribution in [-0.4, -0.2) is 64.7 Å². The van der Waals surface area contributed by atoms with Gasteiger partial charge in [0.05, 0.1) is 0 Å². The van der Waals surface area contributed by atoms with Crippen LogP contribution in [0.25, 0.3) is 21.9 Å². The SMILES string of the molecule is CC(=O)NC(Cc1c[nH]c2ccccc12)C(=O)N1CCN(C(=O)c2cc3ccccc3o2)CC1. The first-order valence-electron chi connectivity index (χ1n) is 11.4. The Morgan fingerprint density at radius 2 is 1.71 bits per heavy atom. The Hall–Kier alpha value is -4.07. The van der Waals surface area contributed by atoms with E-state index in [0.29, 0.717) is 43.9 Å². The summed E-state index contributed by atoms with van der Waals surface area (Å²) in [5, 5.41) is 4.73. The lowest BCUT2D eigenvalue weighted by atomic mass is 10.0. The van der Waals surface area contributed by atoms with Crippen molar-refractivity contribution in [3.05, 3.63) is 72.1 Å². The van der Waals surface area contributed by atoms with E-state index in [2.05, 4.69) is 10.3 Å². The van der Waals surface area contributed by atoms with Gasteiger partial charge in [-0.1, -0.05) is 36.4 Å². The Bertz CT molecular complexity index is 1330. The largest absolute Gasteiger partial charge is 0.451 e. The number of nitrogens with one attached hydrogen (secondary N) is 2. The van der Waals surface area contributed by atoms with E-state index in [1.807, 2.05) is 54.7 Å². The van der Waals surface area contributed by atoms with Crippen molar-refractivity contribution in [2.45, 2.75) is 19.4 Å². The molecule has 0 saturated carbocycles. The number of rotatable bonds is 5. The third-order valence-electron chi connectivity index (χ3n) is 6.29. The fraction of sp³-hybridized carbons (Fsp3) is 0.269. The van der Waals surface area contributed by atoms with Crippen molar-refractivity contribution in [3.8, 4) is 0 Å². The molecule has 8 nitrogen and oxygen atoms in total. The van der Waals surface area contributed by atoms with E-state index in [0.717, 1.165) is 21.9 Å². The average Bonchev–Trinajstić information content (AvgIpc) is 3.47. The van der Waals surface area contributed by atoms with Crippen LogP contribution in [0.5, 0.6) is 0 Å². The molecule has 1 fully saturated rings. The monoisotopic (exact) mass is 458 g/mol. The first kappa shape index (κ1) is 21.8. The standard InChI is InChI=1S/C26H26N4O4/c1-17(31)28-22(14-19-16-27-21-8-4-3-7-20(19)21)25(32)29-10-12-30(13-11-29)26(33)24-15-18-6-2-5-9-23(18)34-24/h2-9,15-16,22,27H,10-14H2,1H3,(H,28,31). The number of hydrogen-bond acceptors (Lipinski definition) is 4. The van der Waals surface area contributed by atoms with Gasteiger partial charge in [0.2, 0.25) is 11.8 Å². The van der Waals surface area contributed by atoms with E-state index in [9.17, 15) is 14.4 Å². The van der Waals surface area contributed by atoms with E-state index < -0.39 is 6.04 Å². The second kappa shape index (κ2) is 9.05. The summed E-state index contributed by atoms with van der Waals surface area (Å²) in [7, 11) is 0. The molecule has 1 saturated heterocycles. The number of para-hydroxylation sites is 2. The Morgan fingerprint density at radius 1 is 1.00 bits per heavy atom. The topological polar surface area (TPSA) is 98.6 Å². The summed E-state index contributed by atoms with van der Waals surface area (Å²) in [5.41, 5.74) is 2.64. The lowest BCUT2D eigenvalue weighted by Crippen LogP contribution is -2.56. The molecule has 3 heterocycles. The molecule has 174 valence electrons. The molecule has 0 bridgehead atoms. The van der Waals surface area contributed by atoms with Crippen LogP contribution in [0.3, 0.4) is 0 Å². The minimum absolute atomic E-state index is 0.142. The van der Waals surface area contributed by atoms with Gasteiger partial charge in [0.15, 0.2) is 5.76 Å². The van der Waals surface area contributed by atoms with Gasteiger partial charge < -0.3 is 24.5 Å². The van der Waals surface area contributed by atoms with Gasteiger partial charge in [-0.2, -0.15) is 0 Å². The van der Waals surface area contributed by atoms with Crippen molar-refractivity contribution in [3.63, 3.8) is 0 Å². The van der Waals surface area contributed by atoms with Crippen molar-refractivity contribution in [1.29, 1.82) is 0 Å². The number of hydrogen-bond donors (Lipinski definition) is 2. The molecule has 2 aromatic heterocycles. The molecule has 5 rings (SSSR count). The molecule has 1 atom stereocenters. The van der Waals surface area contributed by atoms with Gasteiger partial charge in [0.25, 0.3) is 5.91 Å². The summed E-state index contributed by atoms with van der Waals surface area (Å²) in [5.74, 6) is -0.273. The normalized spacial score (nSPS) is 15.0. The predicted octanol–water partition coefficient (Wildman–Crippen LogP) is 2.95. The minimum atomic E-state index is -0.672. The van der Waals surface area contributed by atoms with Gasteiger partial charge in [0, 0.05) is 62.0 Å². The van der Waals surface area contributed by atoms with Crippen LogP contribution in [0.15, 0.2) is 65.2 Å². The van der Waals surface area contributed by atoms with Crippen LogP contribution < -0.4 is 5.32 Å². The molecular formula is C26H26N4O4. The lowest BCUT2D eigenvalue weighted by Gasteiger charge is -2.36. The van der Waals surface area contributed by atoms with Crippen LogP contribution in [0.1, 0.15) is 23.0 Å². The number of benzene rings is 2. The maximum Gasteiger partial charge on any atom is 0.289 e. The van der Waals surface area contributed by atoms with Crippen LogP contribution in [0.2, 0.25) is 0 Å². The Balaban J connectivity index is 1.26. The molecule has 0 radical (unpaired) electrons. The van der Waals surface area contributed by atoms with E-state index in [-0.39, 0.29) is 17.7 Å². The Morgan fingerprint density at radius 3 is 2.47 bits per heavy atom. The van der Waals surface area contributed by atoms with Crippen molar-refractivity contribution in [2.75, 3.05) is 26.2 Å². The highest BCUT2D eigenvalue weighted by molar-refractivity contribution is 5.96. The molecule has 3 amide bonds. The van der Waals surface area contributed by atoms with Crippen LogP contribution in [0.4, 0.5) is 0 Å². The zero-order valence-electron chi connectivity index (χ0n) is 18.9. The van der Waals surface area contributed by atoms with Crippen LogP contribution in [-0.2, 0) is 16.0 Å². The van der Waals surface area contributed by atoms with E-state index in [4.69, 9.17) is 4.42 Å². The second-order valence-corrected chi connectivity index (χ2v) is 8.58. The summed E-state index contributed by atoms with van der Waals surface area (Å²) < 4.78 is 5.71. The number of aromatic nitrogens is 1. The average molecular weight is 459 g/mol. The Labute approximate surface area is 196 Å². The number of nitrogens with zero attached hydrogens (tertiary/aromatic N) is 2. The van der Waals surface area contributed by atoms with Gasteiger partial charge in [-0.3, -0.25) is 14.4 Å². The number of piperazine rings is 1. The number of fused-ring (bicyclic) bond motifs is 2. The Kier molecular flexibility index (Phi) is 5.79. The number of carbonyl (C=O) groups excluding carboxylic acids is 3. The number of aromatic amines is 1. The maximum absolute atomic E-state index is 13.3. The van der Waals surface area contributed by atoms with Crippen molar-refractivity contribution >= 4 is 39.6 Å². The number of H-pyrrole nitrogens is 1.